The molecule has 0 saturated heterocycles. The number of hydrogen-bond donors (Lipinski definition) is 1. The Kier molecular flexibility index (Phi) is 4.12. The Hall–Kier alpha value is -2.24. The SMILES string of the molecule is CC1COc2cc(OCCC(=O)O)ccc2C(=O)N1C. The van der Waals surface area contributed by atoms with Gasteiger partial charge in [0, 0.05) is 13.1 Å². The number of carboxylic acids is 1. The normalized spacial score (nSPS) is 18.0. The summed E-state index contributed by atoms with van der Waals surface area (Å²) in [4.78, 5) is 24.3. The van der Waals surface area contributed by atoms with Gasteiger partial charge < -0.3 is 19.5 Å². The summed E-state index contributed by atoms with van der Waals surface area (Å²) >= 11 is 0. The third kappa shape index (κ3) is 3.01. The Balaban J connectivity index is 2.15. The van der Waals surface area contributed by atoms with Gasteiger partial charge in [-0.15, -0.1) is 0 Å². The van der Waals surface area contributed by atoms with Crippen LogP contribution in [-0.4, -0.2) is 48.2 Å². The van der Waals surface area contributed by atoms with Gasteiger partial charge in [-0.25, -0.2) is 0 Å². The number of carbonyl (C=O) groups is 2. The summed E-state index contributed by atoms with van der Waals surface area (Å²) in [6.07, 6.45) is -0.0728. The van der Waals surface area contributed by atoms with Gasteiger partial charge in [-0.3, -0.25) is 9.59 Å². The Morgan fingerprint density at radius 3 is 3.00 bits per heavy atom. The first kappa shape index (κ1) is 14.2. The lowest BCUT2D eigenvalue weighted by Gasteiger charge is -2.20. The maximum atomic E-state index is 12.2. The molecule has 1 aliphatic heterocycles. The lowest BCUT2D eigenvalue weighted by Crippen LogP contribution is -2.36. The van der Waals surface area contributed by atoms with Crippen LogP contribution >= 0.6 is 0 Å². The molecule has 108 valence electrons. The van der Waals surface area contributed by atoms with E-state index < -0.39 is 5.97 Å². The number of rotatable bonds is 4. The fraction of sp³-hybridized carbons (Fsp3) is 0.429. The van der Waals surface area contributed by atoms with Gasteiger partial charge in [0.15, 0.2) is 0 Å². The van der Waals surface area contributed by atoms with Crippen LogP contribution in [0, 0.1) is 0 Å². The molecule has 0 saturated carbocycles. The van der Waals surface area contributed by atoms with Crippen LogP contribution in [0.2, 0.25) is 0 Å². The molecule has 0 aromatic heterocycles. The Morgan fingerprint density at radius 2 is 2.30 bits per heavy atom. The first-order chi connectivity index (χ1) is 9.49. The van der Waals surface area contributed by atoms with Crippen molar-refractivity contribution < 1.29 is 24.2 Å². The van der Waals surface area contributed by atoms with Crippen molar-refractivity contribution in [3.05, 3.63) is 23.8 Å². The molecule has 1 aliphatic rings. The third-order valence-electron chi connectivity index (χ3n) is 3.23. The van der Waals surface area contributed by atoms with Crippen LogP contribution in [0.25, 0.3) is 0 Å². The number of amides is 1. The molecular formula is C14H17NO5. The molecule has 20 heavy (non-hydrogen) atoms. The molecule has 6 heteroatoms. The summed E-state index contributed by atoms with van der Waals surface area (Å²) in [5.74, 6) is -0.0437. The summed E-state index contributed by atoms with van der Waals surface area (Å²) < 4.78 is 10.9. The summed E-state index contributed by atoms with van der Waals surface area (Å²) in [6.45, 7) is 2.40. The van der Waals surface area contributed by atoms with Crippen LogP contribution < -0.4 is 9.47 Å². The number of aliphatic carboxylic acids is 1. The van der Waals surface area contributed by atoms with Crippen molar-refractivity contribution in [3.63, 3.8) is 0 Å². The lowest BCUT2D eigenvalue weighted by atomic mass is 10.1. The van der Waals surface area contributed by atoms with E-state index in [0.717, 1.165) is 0 Å². The standard InChI is InChI=1S/C14H17NO5/c1-9-8-20-12-7-10(19-6-5-13(16)17)3-4-11(12)14(18)15(9)2/h3-4,7,9H,5-6,8H2,1-2H3,(H,16,17). The lowest BCUT2D eigenvalue weighted by molar-refractivity contribution is -0.137. The highest BCUT2D eigenvalue weighted by molar-refractivity contribution is 5.97. The zero-order valence-electron chi connectivity index (χ0n) is 11.5. The molecule has 0 spiro atoms. The van der Waals surface area contributed by atoms with E-state index in [1.54, 1.807) is 30.1 Å². The highest BCUT2D eigenvalue weighted by atomic mass is 16.5. The van der Waals surface area contributed by atoms with Gasteiger partial charge in [-0.1, -0.05) is 0 Å². The summed E-state index contributed by atoms with van der Waals surface area (Å²) in [6, 6.07) is 4.90. The molecule has 1 N–H and O–H groups in total. The Labute approximate surface area is 116 Å². The number of carbonyl (C=O) groups excluding carboxylic acids is 1. The van der Waals surface area contributed by atoms with Gasteiger partial charge in [-0.05, 0) is 19.1 Å². The molecule has 0 fully saturated rings. The molecule has 1 amide bonds. The monoisotopic (exact) mass is 279 g/mol. The fourth-order valence-corrected chi connectivity index (χ4v) is 1.86. The summed E-state index contributed by atoms with van der Waals surface area (Å²) in [5.41, 5.74) is 0.488. The van der Waals surface area contributed by atoms with E-state index in [1.807, 2.05) is 6.92 Å². The van der Waals surface area contributed by atoms with E-state index in [9.17, 15) is 9.59 Å². The molecule has 1 unspecified atom stereocenters. The van der Waals surface area contributed by atoms with E-state index in [0.29, 0.717) is 23.7 Å². The van der Waals surface area contributed by atoms with Gasteiger partial charge >= 0.3 is 5.97 Å². The minimum Gasteiger partial charge on any atom is -0.493 e. The summed E-state index contributed by atoms with van der Waals surface area (Å²) in [7, 11) is 1.74. The molecule has 1 heterocycles. The first-order valence-electron chi connectivity index (χ1n) is 6.37. The van der Waals surface area contributed by atoms with Crippen LogP contribution in [0.15, 0.2) is 18.2 Å². The predicted octanol–water partition coefficient (Wildman–Crippen LogP) is 1.39. The Morgan fingerprint density at radius 1 is 1.55 bits per heavy atom. The van der Waals surface area contributed by atoms with E-state index >= 15 is 0 Å². The van der Waals surface area contributed by atoms with Gasteiger partial charge in [-0.2, -0.15) is 0 Å². The molecule has 2 rings (SSSR count). The fourth-order valence-electron chi connectivity index (χ4n) is 1.86. The summed E-state index contributed by atoms with van der Waals surface area (Å²) in [5, 5.41) is 8.56. The Bertz CT molecular complexity index is 528. The van der Waals surface area contributed by atoms with Crippen molar-refractivity contribution >= 4 is 11.9 Å². The predicted molar refractivity (Wildman–Crippen MR) is 71.2 cm³/mol. The van der Waals surface area contributed by atoms with Crippen molar-refractivity contribution in [1.82, 2.24) is 4.90 Å². The zero-order valence-corrected chi connectivity index (χ0v) is 11.5. The maximum Gasteiger partial charge on any atom is 0.306 e. The second-order valence-electron chi connectivity index (χ2n) is 4.73. The molecule has 0 bridgehead atoms. The number of carboxylic acid groups (broad SMARTS) is 1. The van der Waals surface area contributed by atoms with Crippen LogP contribution in [0.4, 0.5) is 0 Å². The molecule has 0 radical (unpaired) electrons. The molecule has 1 aromatic rings. The molecule has 1 atom stereocenters. The maximum absolute atomic E-state index is 12.2. The van der Waals surface area contributed by atoms with Crippen LogP contribution in [-0.2, 0) is 4.79 Å². The molecule has 1 aromatic carbocycles. The molecule has 6 nitrogen and oxygen atoms in total. The topological polar surface area (TPSA) is 76.1 Å². The second-order valence-corrected chi connectivity index (χ2v) is 4.73. The average molecular weight is 279 g/mol. The van der Waals surface area contributed by atoms with Gasteiger partial charge in [0.1, 0.15) is 18.1 Å². The van der Waals surface area contributed by atoms with Crippen molar-refractivity contribution in [2.75, 3.05) is 20.3 Å². The molecule has 0 aliphatic carbocycles. The smallest absolute Gasteiger partial charge is 0.306 e. The number of hydrogen-bond acceptors (Lipinski definition) is 4. The van der Waals surface area contributed by atoms with Gasteiger partial charge in [0.05, 0.1) is 24.6 Å². The van der Waals surface area contributed by atoms with Crippen molar-refractivity contribution in [2.24, 2.45) is 0 Å². The van der Waals surface area contributed by atoms with Crippen LogP contribution in [0.5, 0.6) is 11.5 Å². The minimum atomic E-state index is -0.915. The van der Waals surface area contributed by atoms with E-state index in [4.69, 9.17) is 14.6 Å². The quantitative estimate of drug-likeness (QED) is 0.901. The highest BCUT2D eigenvalue weighted by Gasteiger charge is 2.25. The van der Waals surface area contributed by atoms with E-state index in [1.165, 1.54) is 0 Å². The zero-order chi connectivity index (χ0) is 14.7. The van der Waals surface area contributed by atoms with Crippen LogP contribution in [0.3, 0.4) is 0 Å². The number of likely N-dealkylation sites (N-methyl/N-ethyl adjacent to an activating group) is 1. The van der Waals surface area contributed by atoms with Gasteiger partial charge in [0.2, 0.25) is 0 Å². The third-order valence-corrected chi connectivity index (χ3v) is 3.23. The number of fused-ring (bicyclic) bond motifs is 1. The van der Waals surface area contributed by atoms with Gasteiger partial charge in [0.25, 0.3) is 5.91 Å². The van der Waals surface area contributed by atoms with Crippen molar-refractivity contribution in [1.29, 1.82) is 0 Å². The molecular weight excluding hydrogens is 262 g/mol. The minimum absolute atomic E-state index is 0.00808. The second kappa shape index (κ2) is 5.81. The number of nitrogens with zero attached hydrogens (tertiary/aromatic N) is 1. The van der Waals surface area contributed by atoms with Crippen LogP contribution in [0.1, 0.15) is 23.7 Å². The van der Waals surface area contributed by atoms with Crippen molar-refractivity contribution in [2.45, 2.75) is 19.4 Å². The first-order valence-corrected chi connectivity index (χ1v) is 6.37. The highest BCUT2D eigenvalue weighted by Crippen LogP contribution is 2.28. The van der Waals surface area contributed by atoms with E-state index in [-0.39, 0.29) is 25.0 Å². The average Bonchev–Trinajstić information content (AvgIpc) is 2.51. The van der Waals surface area contributed by atoms with E-state index in [2.05, 4.69) is 0 Å². The van der Waals surface area contributed by atoms with Crippen molar-refractivity contribution in [3.8, 4) is 11.5 Å². The number of benzene rings is 1. The largest absolute Gasteiger partial charge is 0.493 e. The number of ether oxygens (including phenoxy) is 2.